The molecule has 2 fully saturated rings. The lowest BCUT2D eigenvalue weighted by Crippen LogP contribution is -2.34. The van der Waals surface area contributed by atoms with Gasteiger partial charge in [0.15, 0.2) is 0 Å². The molecule has 0 aromatic heterocycles. The minimum absolute atomic E-state index is 0.143. The predicted molar refractivity (Wildman–Crippen MR) is 108 cm³/mol. The number of halogens is 1. The SMILES string of the molecule is C[C@H](NC[C@@H]1CN(c2ccc(C3CNCCO3)c(F)c2)C(=O)O1)c1ccccc1. The second-order valence-corrected chi connectivity index (χ2v) is 7.43. The number of amides is 1. The van der Waals surface area contributed by atoms with Crippen molar-refractivity contribution >= 4 is 11.8 Å². The van der Waals surface area contributed by atoms with Crippen LogP contribution >= 0.6 is 0 Å². The summed E-state index contributed by atoms with van der Waals surface area (Å²) in [7, 11) is 0. The van der Waals surface area contributed by atoms with Gasteiger partial charge in [-0.15, -0.1) is 0 Å². The molecule has 0 spiro atoms. The third kappa shape index (κ3) is 4.58. The molecule has 7 heteroatoms. The van der Waals surface area contributed by atoms with Gasteiger partial charge in [0.25, 0.3) is 0 Å². The average Bonchev–Trinajstić information content (AvgIpc) is 3.13. The van der Waals surface area contributed by atoms with Crippen LogP contribution in [0, 0.1) is 5.82 Å². The number of hydrogen-bond acceptors (Lipinski definition) is 5. The van der Waals surface area contributed by atoms with E-state index in [0.717, 1.165) is 6.54 Å². The largest absolute Gasteiger partial charge is 0.443 e. The number of ether oxygens (including phenoxy) is 2. The van der Waals surface area contributed by atoms with E-state index in [1.807, 2.05) is 18.2 Å². The Morgan fingerprint density at radius 3 is 2.83 bits per heavy atom. The quantitative estimate of drug-likeness (QED) is 0.781. The third-order valence-electron chi connectivity index (χ3n) is 5.40. The number of rotatable bonds is 6. The number of benzene rings is 2. The number of anilines is 1. The number of carbonyl (C=O) groups excluding carboxylic acids is 1. The monoisotopic (exact) mass is 399 g/mol. The Bertz CT molecular complexity index is 842. The van der Waals surface area contributed by atoms with Crippen molar-refractivity contribution in [3.63, 3.8) is 0 Å². The van der Waals surface area contributed by atoms with Crippen LogP contribution in [-0.2, 0) is 9.47 Å². The maximum absolute atomic E-state index is 14.7. The van der Waals surface area contributed by atoms with Gasteiger partial charge < -0.3 is 20.1 Å². The Morgan fingerprint density at radius 1 is 1.28 bits per heavy atom. The van der Waals surface area contributed by atoms with E-state index < -0.39 is 6.09 Å². The van der Waals surface area contributed by atoms with Gasteiger partial charge in [0.1, 0.15) is 11.9 Å². The molecular weight excluding hydrogens is 373 g/mol. The number of nitrogens with zero attached hydrogens (tertiary/aromatic N) is 1. The van der Waals surface area contributed by atoms with Crippen LogP contribution in [0.15, 0.2) is 48.5 Å². The first-order chi connectivity index (χ1) is 14.1. The van der Waals surface area contributed by atoms with Gasteiger partial charge in [-0.1, -0.05) is 36.4 Å². The minimum atomic E-state index is -0.452. The Balaban J connectivity index is 1.37. The zero-order valence-corrected chi connectivity index (χ0v) is 16.4. The van der Waals surface area contributed by atoms with Gasteiger partial charge >= 0.3 is 6.09 Å². The van der Waals surface area contributed by atoms with E-state index in [1.54, 1.807) is 12.1 Å². The van der Waals surface area contributed by atoms with Crippen molar-refractivity contribution in [1.29, 1.82) is 0 Å². The summed E-state index contributed by atoms with van der Waals surface area (Å²) >= 11 is 0. The van der Waals surface area contributed by atoms with E-state index >= 15 is 0 Å². The fourth-order valence-corrected chi connectivity index (χ4v) is 3.72. The van der Waals surface area contributed by atoms with E-state index in [9.17, 15) is 9.18 Å². The van der Waals surface area contributed by atoms with Gasteiger partial charge in [0.05, 0.1) is 24.9 Å². The predicted octanol–water partition coefficient (Wildman–Crippen LogP) is 3.16. The van der Waals surface area contributed by atoms with E-state index in [2.05, 4.69) is 29.7 Å². The Hall–Kier alpha value is -2.48. The summed E-state index contributed by atoms with van der Waals surface area (Å²) < 4.78 is 25.7. The molecule has 4 rings (SSSR count). The number of morpholine rings is 1. The molecule has 0 bridgehead atoms. The molecule has 0 radical (unpaired) electrons. The fourth-order valence-electron chi connectivity index (χ4n) is 3.72. The lowest BCUT2D eigenvalue weighted by Gasteiger charge is -2.25. The van der Waals surface area contributed by atoms with Gasteiger partial charge in [-0.05, 0) is 24.6 Å². The maximum Gasteiger partial charge on any atom is 0.414 e. The summed E-state index contributed by atoms with van der Waals surface area (Å²) in [6, 6.07) is 15.1. The third-order valence-corrected chi connectivity index (χ3v) is 5.40. The topological polar surface area (TPSA) is 62.8 Å². The van der Waals surface area contributed by atoms with Crippen LogP contribution < -0.4 is 15.5 Å². The highest BCUT2D eigenvalue weighted by Gasteiger charge is 2.33. The van der Waals surface area contributed by atoms with Crippen LogP contribution in [0.4, 0.5) is 14.9 Å². The van der Waals surface area contributed by atoms with Gasteiger partial charge in [0.2, 0.25) is 0 Å². The number of cyclic esters (lactones) is 1. The molecule has 2 aliphatic heterocycles. The lowest BCUT2D eigenvalue weighted by atomic mass is 10.1. The molecule has 6 nitrogen and oxygen atoms in total. The summed E-state index contributed by atoms with van der Waals surface area (Å²) in [5.74, 6) is -0.372. The fraction of sp³-hybridized carbons (Fsp3) is 0.409. The molecule has 2 aliphatic rings. The summed E-state index contributed by atoms with van der Waals surface area (Å²) in [6.07, 6.45) is -1.05. The molecule has 2 N–H and O–H groups in total. The Morgan fingerprint density at radius 2 is 2.10 bits per heavy atom. The molecule has 0 aliphatic carbocycles. The van der Waals surface area contributed by atoms with Crippen LogP contribution in [0.5, 0.6) is 0 Å². The molecule has 29 heavy (non-hydrogen) atoms. The molecule has 1 amide bonds. The Kier molecular flexibility index (Phi) is 6.08. The molecule has 3 atom stereocenters. The van der Waals surface area contributed by atoms with Crippen molar-refractivity contribution in [3.05, 3.63) is 65.5 Å². The second-order valence-electron chi connectivity index (χ2n) is 7.43. The molecule has 2 heterocycles. The van der Waals surface area contributed by atoms with Crippen LogP contribution in [0.25, 0.3) is 0 Å². The van der Waals surface area contributed by atoms with Crippen LogP contribution in [0.3, 0.4) is 0 Å². The normalized spacial score (nSPS) is 23.1. The molecular formula is C22H26FN3O3. The lowest BCUT2D eigenvalue weighted by molar-refractivity contribution is 0.0255. The molecule has 2 saturated heterocycles. The van der Waals surface area contributed by atoms with Crippen LogP contribution in [0.2, 0.25) is 0 Å². The highest BCUT2D eigenvalue weighted by molar-refractivity contribution is 5.89. The first-order valence-corrected chi connectivity index (χ1v) is 10.00. The molecule has 2 aromatic carbocycles. The zero-order chi connectivity index (χ0) is 20.2. The zero-order valence-electron chi connectivity index (χ0n) is 16.4. The summed E-state index contributed by atoms with van der Waals surface area (Å²) in [5.41, 5.74) is 2.17. The highest BCUT2D eigenvalue weighted by atomic mass is 19.1. The van der Waals surface area contributed by atoms with Gasteiger partial charge in [0, 0.05) is 31.2 Å². The summed E-state index contributed by atoms with van der Waals surface area (Å²) in [4.78, 5) is 13.8. The van der Waals surface area contributed by atoms with Crippen molar-refractivity contribution in [1.82, 2.24) is 10.6 Å². The van der Waals surface area contributed by atoms with E-state index in [1.165, 1.54) is 16.5 Å². The standard InChI is InChI=1S/C22H26FN3O3/c1-15(16-5-3-2-4-6-16)25-12-18-14-26(22(27)29-18)17-7-8-19(20(23)11-17)21-13-24-9-10-28-21/h2-8,11,15,18,21,24-25H,9-10,12-14H2,1H3/t15-,18+,21?/m0/s1. The van der Waals surface area contributed by atoms with Crippen molar-refractivity contribution in [3.8, 4) is 0 Å². The van der Waals surface area contributed by atoms with Crippen LogP contribution in [-0.4, -0.2) is 45.0 Å². The van der Waals surface area contributed by atoms with Crippen molar-refractivity contribution in [2.75, 3.05) is 37.7 Å². The minimum Gasteiger partial charge on any atom is -0.443 e. The Labute approximate surface area is 170 Å². The van der Waals surface area contributed by atoms with Crippen molar-refractivity contribution in [2.24, 2.45) is 0 Å². The second kappa shape index (κ2) is 8.90. The van der Waals surface area contributed by atoms with Crippen LogP contribution in [0.1, 0.15) is 30.2 Å². The van der Waals surface area contributed by atoms with Gasteiger partial charge in [-0.3, -0.25) is 4.90 Å². The van der Waals surface area contributed by atoms with E-state index in [4.69, 9.17) is 9.47 Å². The van der Waals surface area contributed by atoms with Gasteiger partial charge in [-0.2, -0.15) is 0 Å². The summed E-state index contributed by atoms with van der Waals surface area (Å²) in [6.45, 7) is 4.89. The van der Waals surface area contributed by atoms with Crippen molar-refractivity contribution < 1.29 is 18.7 Å². The highest BCUT2D eigenvalue weighted by Crippen LogP contribution is 2.28. The number of nitrogens with one attached hydrogen (secondary N) is 2. The number of hydrogen-bond donors (Lipinski definition) is 2. The molecule has 1 unspecified atom stereocenters. The van der Waals surface area contributed by atoms with Gasteiger partial charge in [-0.25, -0.2) is 9.18 Å². The molecule has 2 aromatic rings. The van der Waals surface area contributed by atoms with E-state index in [-0.39, 0.29) is 24.1 Å². The molecule has 0 saturated carbocycles. The van der Waals surface area contributed by atoms with E-state index in [0.29, 0.717) is 37.5 Å². The average molecular weight is 399 g/mol. The maximum atomic E-state index is 14.7. The summed E-state index contributed by atoms with van der Waals surface area (Å²) in [5, 5.41) is 6.59. The molecule has 154 valence electrons. The smallest absolute Gasteiger partial charge is 0.414 e. The first kappa shape index (κ1) is 19.8. The first-order valence-electron chi connectivity index (χ1n) is 10.00. The number of carbonyl (C=O) groups is 1. The van der Waals surface area contributed by atoms with Crippen molar-refractivity contribution in [2.45, 2.75) is 25.2 Å².